The van der Waals surface area contributed by atoms with Crippen LogP contribution in [-0.4, -0.2) is 19.0 Å². The first kappa shape index (κ1) is 10.5. The monoisotopic (exact) mass is 234 g/mol. The van der Waals surface area contributed by atoms with Crippen LogP contribution in [0.3, 0.4) is 0 Å². The van der Waals surface area contributed by atoms with Gasteiger partial charge in [-0.25, -0.2) is 0 Å². The van der Waals surface area contributed by atoms with Crippen LogP contribution in [0.15, 0.2) is 0 Å². The molecule has 0 aromatic rings. The quantitative estimate of drug-likeness (QED) is 0.734. The maximum atomic E-state index is 12.7. The first-order valence-corrected chi connectivity index (χ1v) is 7.42. The van der Waals surface area contributed by atoms with Gasteiger partial charge in [-0.15, -0.1) is 0 Å². The predicted molar refractivity (Wildman–Crippen MR) is 64.5 cm³/mol. The molecule has 0 amide bonds. The highest BCUT2D eigenvalue weighted by atomic mass is 16.5. The van der Waals surface area contributed by atoms with E-state index in [-0.39, 0.29) is 5.92 Å². The van der Waals surface area contributed by atoms with Gasteiger partial charge in [-0.3, -0.25) is 4.79 Å². The van der Waals surface area contributed by atoms with Crippen LogP contribution in [0, 0.1) is 35.5 Å². The Balaban J connectivity index is 1.55. The third-order valence-corrected chi connectivity index (χ3v) is 5.89. The van der Waals surface area contributed by atoms with Crippen molar-refractivity contribution in [2.75, 3.05) is 13.2 Å². The fourth-order valence-electron chi connectivity index (χ4n) is 5.42. The van der Waals surface area contributed by atoms with Crippen molar-refractivity contribution in [2.45, 2.75) is 38.5 Å². The van der Waals surface area contributed by atoms with Gasteiger partial charge in [-0.2, -0.15) is 0 Å². The third-order valence-electron chi connectivity index (χ3n) is 5.89. The molecule has 1 heterocycles. The molecule has 4 aliphatic carbocycles. The van der Waals surface area contributed by atoms with Gasteiger partial charge in [0.15, 0.2) is 0 Å². The lowest BCUT2D eigenvalue weighted by atomic mass is 9.50. The molecule has 5 fully saturated rings. The number of rotatable bonds is 2. The summed E-state index contributed by atoms with van der Waals surface area (Å²) in [6.45, 7) is 1.52. The molecule has 5 aliphatic rings. The van der Waals surface area contributed by atoms with Gasteiger partial charge in [0.05, 0.1) is 6.61 Å². The summed E-state index contributed by atoms with van der Waals surface area (Å²) in [5, 5.41) is 0. The molecule has 0 aromatic heterocycles. The average molecular weight is 234 g/mol. The van der Waals surface area contributed by atoms with Gasteiger partial charge < -0.3 is 4.74 Å². The molecule has 1 unspecified atom stereocenters. The van der Waals surface area contributed by atoms with E-state index in [9.17, 15) is 4.79 Å². The summed E-state index contributed by atoms with van der Waals surface area (Å²) in [4.78, 5) is 12.7. The molecule has 94 valence electrons. The van der Waals surface area contributed by atoms with Crippen molar-refractivity contribution in [3.63, 3.8) is 0 Å². The average Bonchev–Trinajstić information content (AvgIpc) is 2.80. The third kappa shape index (κ3) is 1.60. The highest BCUT2D eigenvalue weighted by molar-refractivity contribution is 5.84. The maximum absolute atomic E-state index is 12.7. The molecule has 0 spiro atoms. The Kier molecular flexibility index (Phi) is 2.36. The molecular weight excluding hydrogens is 212 g/mol. The van der Waals surface area contributed by atoms with Crippen LogP contribution < -0.4 is 0 Å². The molecule has 0 radical (unpaired) electrons. The first-order chi connectivity index (χ1) is 8.31. The Morgan fingerprint density at radius 3 is 2.12 bits per heavy atom. The summed E-state index contributed by atoms with van der Waals surface area (Å²) in [7, 11) is 0. The lowest BCUT2D eigenvalue weighted by Gasteiger charge is -2.54. The van der Waals surface area contributed by atoms with E-state index >= 15 is 0 Å². The Hall–Kier alpha value is -0.370. The molecule has 0 aromatic carbocycles. The number of ether oxygens (including phenoxy) is 1. The minimum absolute atomic E-state index is 0.248. The largest absolute Gasteiger partial charge is 0.381 e. The van der Waals surface area contributed by atoms with E-state index in [0.29, 0.717) is 18.3 Å². The van der Waals surface area contributed by atoms with Crippen LogP contribution in [0.5, 0.6) is 0 Å². The molecule has 2 nitrogen and oxygen atoms in total. The normalized spacial score (nSPS) is 52.0. The van der Waals surface area contributed by atoms with Crippen LogP contribution in [0.25, 0.3) is 0 Å². The summed E-state index contributed by atoms with van der Waals surface area (Å²) in [6.07, 6.45) is 7.89. The first-order valence-electron chi connectivity index (χ1n) is 7.42. The van der Waals surface area contributed by atoms with Crippen molar-refractivity contribution in [3.05, 3.63) is 0 Å². The van der Waals surface area contributed by atoms with Gasteiger partial charge >= 0.3 is 0 Å². The number of Topliss-reactive ketones (excluding diaryl/α,β-unsaturated/α-hetero) is 1. The standard InChI is InChI=1S/C15H22O2/c16-15(11-1-2-17-8-11)14-12-4-9-3-10(6-12)7-13(14)5-9/h9-14H,1-8H2. The van der Waals surface area contributed by atoms with E-state index in [1.54, 1.807) is 0 Å². The predicted octanol–water partition coefficient (Wildman–Crippen LogP) is 2.66. The van der Waals surface area contributed by atoms with Gasteiger partial charge in [0.2, 0.25) is 0 Å². The Labute approximate surface area is 103 Å². The molecule has 0 N–H and O–H groups in total. The van der Waals surface area contributed by atoms with E-state index < -0.39 is 0 Å². The fourth-order valence-corrected chi connectivity index (χ4v) is 5.42. The van der Waals surface area contributed by atoms with Crippen molar-refractivity contribution in [1.29, 1.82) is 0 Å². The molecule has 1 saturated heterocycles. The molecular formula is C15H22O2. The van der Waals surface area contributed by atoms with Gasteiger partial charge in [-0.05, 0) is 62.2 Å². The minimum atomic E-state index is 0.248. The van der Waals surface area contributed by atoms with Crippen LogP contribution in [0.2, 0.25) is 0 Å². The fraction of sp³-hybridized carbons (Fsp3) is 0.933. The lowest BCUT2D eigenvalue weighted by Crippen LogP contribution is -2.49. The van der Waals surface area contributed by atoms with Crippen molar-refractivity contribution in [3.8, 4) is 0 Å². The second-order valence-electron chi connectivity index (χ2n) is 6.92. The molecule has 5 rings (SSSR count). The van der Waals surface area contributed by atoms with Crippen molar-refractivity contribution in [2.24, 2.45) is 35.5 Å². The van der Waals surface area contributed by atoms with Gasteiger partial charge in [0.1, 0.15) is 5.78 Å². The number of hydrogen-bond donors (Lipinski definition) is 0. The summed E-state index contributed by atoms with van der Waals surface area (Å²) in [5.41, 5.74) is 0. The van der Waals surface area contributed by atoms with E-state index in [2.05, 4.69) is 0 Å². The summed E-state index contributed by atoms with van der Waals surface area (Å²) >= 11 is 0. The summed E-state index contributed by atoms with van der Waals surface area (Å²) < 4.78 is 5.40. The van der Waals surface area contributed by atoms with E-state index in [1.165, 1.54) is 32.1 Å². The molecule has 4 bridgehead atoms. The Bertz CT molecular complexity index is 302. The summed E-state index contributed by atoms with van der Waals surface area (Å²) in [5.74, 6) is 4.70. The molecule has 2 heteroatoms. The smallest absolute Gasteiger partial charge is 0.141 e. The number of carbonyl (C=O) groups excluding carboxylic acids is 1. The van der Waals surface area contributed by atoms with Gasteiger partial charge in [-0.1, -0.05) is 0 Å². The van der Waals surface area contributed by atoms with Crippen LogP contribution in [0.1, 0.15) is 38.5 Å². The lowest BCUT2D eigenvalue weighted by molar-refractivity contribution is -0.139. The topological polar surface area (TPSA) is 26.3 Å². The van der Waals surface area contributed by atoms with Crippen molar-refractivity contribution in [1.82, 2.24) is 0 Å². The van der Waals surface area contributed by atoms with Crippen molar-refractivity contribution >= 4 is 5.78 Å². The molecule has 1 atom stereocenters. The Morgan fingerprint density at radius 1 is 0.941 bits per heavy atom. The van der Waals surface area contributed by atoms with E-state index in [1.807, 2.05) is 0 Å². The second-order valence-corrected chi connectivity index (χ2v) is 6.92. The van der Waals surface area contributed by atoms with Crippen molar-refractivity contribution < 1.29 is 9.53 Å². The molecule has 4 saturated carbocycles. The maximum Gasteiger partial charge on any atom is 0.141 e. The van der Waals surface area contributed by atoms with Gasteiger partial charge in [0.25, 0.3) is 0 Å². The molecule has 1 aliphatic heterocycles. The second kappa shape index (κ2) is 3.81. The zero-order valence-electron chi connectivity index (χ0n) is 10.4. The number of carbonyl (C=O) groups is 1. The van der Waals surface area contributed by atoms with Gasteiger partial charge in [0, 0.05) is 18.4 Å². The highest BCUT2D eigenvalue weighted by Gasteiger charge is 2.51. The number of ketones is 1. The molecule has 17 heavy (non-hydrogen) atoms. The van der Waals surface area contributed by atoms with E-state index in [4.69, 9.17) is 4.74 Å². The Morgan fingerprint density at radius 2 is 1.59 bits per heavy atom. The van der Waals surface area contributed by atoms with Crippen LogP contribution in [0.4, 0.5) is 0 Å². The van der Waals surface area contributed by atoms with Crippen LogP contribution in [-0.2, 0) is 9.53 Å². The van der Waals surface area contributed by atoms with Crippen LogP contribution >= 0.6 is 0 Å². The zero-order valence-corrected chi connectivity index (χ0v) is 10.4. The number of hydrogen-bond acceptors (Lipinski definition) is 2. The summed E-state index contributed by atoms with van der Waals surface area (Å²) in [6, 6.07) is 0. The highest BCUT2D eigenvalue weighted by Crippen LogP contribution is 2.57. The minimum Gasteiger partial charge on any atom is -0.381 e. The SMILES string of the molecule is O=C(C1CCOC1)C1C2CC3CC(C2)CC1C3. The zero-order chi connectivity index (χ0) is 11.4. The van der Waals surface area contributed by atoms with E-state index in [0.717, 1.165) is 36.7 Å².